The molecule has 0 spiro atoms. The highest BCUT2D eigenvalue weighted by molar-refractivity contribution is 7.13. The summed E-state index contributed by atoms with van der Waals surface area (Å²) >= 11 is 1.40. The zero-order valence-corrected chi connectivity index (χ0v) is 12.7. The van der Waals surface area contributed by atoms with Gasteiger partial charge in [0.15, 0.2) is 0 Å². The first-order valence-electron chi connectivity index (χ1n) is 7.14. The molecule has 1 saturated heterocycles. The lowest BCUT2D eigenvalue weighted by Crippen LogP contribution is -2.28. The van der Waals surface area contributed by atoms with E-state index in [9.17, 15) is 4.79 Å². The fraction of sp³-hybridized carbons (Fsp3) is 0.400. The van der Waals surface area contributed by atoms with E-state index < -0.39 is 0 Å². The Morgan fingerprint density at radius 3 is 2.86 bits per heavy atom. The van der Waals surface area contributed by atoms with Crippen LogP contribution < -0.4 is 10.6 Å². The van der Waals surface area contributed by atoms with Crippen LogP contribution in [0, 0.1) is 6.92 Å². The summed E-state index contributed by atoms with van der Waals surface area (Å²) in [6, 6.07) is 7.71. The summed E-state index contributed by atoms with van der Waals surface area (Å²) in [5.74, 6) is 0.198. The zero-order valence-electron chi connectivity index (χ0n) is 11.9. The maximum absolute atomic E-state index is 12.2. The van der Waals surface area contributed by atoms with E-state index in [2.05, 4.69) is 20.8 Å². The fourth-order valence-electron chi connectivity index (χ4n) is 2.38. The zero-order chi connectivity index (χ0) is 14.7. The minimum absolute atomic E-state index is 0.189. The van der Waals surface area contributed by atoms with E-state index in [1.807, 2.05) is 31.2 Å². The molecule has 2 aromatic rings. The third kappa shape index (κ3) is 3.46. The molecule has 0 aliphatic carbocycles. The van der Waals surface area contributed by atoms with E-state index >= 15 is 0 Å². The van der Waals surface area contributed by atoms with E-state index in [1.165, 1.54) is 11.3 Å². The van der Waals surface area contributed by atoms with Crippen LogP contribution in [0.1, 0.15) is 39.1 Å². The Hall–Kier alpha value is -1.79. The summed E-state index contributed by atoms with van der Waals surface area (Å²) in [6.07, 6.45) is 2.26. The van der Waals surface area contributed by atoms with Crippen molar-refractivity contribution in [3.8, 4) is 0 Å². The molecule has 21 heavy (non-hydrogen) atoms. The third-order valence-electron chi connectivity index (χ3n) is 3.59. The van der Waals surface area contributed by atoms with Crippen molar-refractivity contribution >= 4 is 22.9 Å². The van der Waals surface area contributed by atoms with Crippen LogP contribution in [0.4, 0.5) is 5.69 Å². The Morgan fingerprint density at radius 2 is 2.14 bits per heavy atom. The van der Waals surface area contributed by atoms with Gasteiger partial charge in [-0.3, -0.25) is 4.79 Å². The quantitative estimate of drug-likeness (QED) is 0.914. The summed E-state index contributed by atoms with van der Waals surface area (Å²) in [4.78, 5) is 12.2. The number of rotatable bonds is 3. The predicted octanol–water partition coefficient (Wildman–Crippen LogP) is 2.57. The van der Waals surface area contributed by atoms with E-state index in [-0.39, 0.29) is 5.91 Å². The van der Waals surface area contributed by atoms with Gasteiger partial charge in [-0.1, -0.05) is 29.0 Å². The summed E-state index contributed by atoms with van der Waals surface area (Å²) in [7, 11) is 0. The molecule has 1 unspecified atom stereocenters. The van der Waals surface area contributed by atoms with Gasteiger partial charge < -0.3 is 10.6 Å². The first-order chi connectivity index (χ1) is 10.2. The SMILES string of the molecule is Cc1ccc(NC(=O)c2nnc(C3CCCNC3)s2)cc1. The van der Waals surface area contributed by atoms with Gasteiger partial charge in [-0.05, 0) is 38.4 Å². The number of carbonyl (C=O) groups is 1. The summed E-state index contributed by atoms with van der Waals surface area (Å²) in [6.45, 7) is 4.01. The van der Waals surface area contributed by atoms with Gasteiger partial charge in [0.25, 0.3) is 5.91 Å². The molecule has 1 aromatic heterocycles. The maximum Gasteiger partial charge on any atom is 0.286 e. The van der Waals surface area contributed by atoms with Crippen LogP contribution >= 0.6 is 11.3 Å². The molecule has 3 rings (SSSR count). The predicted molar refractivity (Wildman–Crippen MR) is 83.9 cm³/mol. The first-order valence-corrected chi connectivity index (χ1v) is 7.96. The lowest BCUT2D eigenvalue weighted by Gasteiger charge is -2.19. The number of piperidine rings is 1. The average Bonchev–Trinajstić information content (AvgIpc) is 3.00. The van der Waals surface area contributed by atoms with Crippen molar-refractivity contribution in [1.82, 2.24) is 15.5 Å². The molecule has 1 aliphatic heterocycles. The molecule has 1 aliphatic rings. The van der Waals surface area contributed by atoms with Crippen molar-refractivity contribution in [2.24, 2.45) is 0 Å². The third-order valence-corrected chi connectivity index (χ3v) is 4.67. The summed E-state index contributed by atoms with van der Waals surface area (Å²) < 4.78 is 0. The van der Waals surface area contributed by atoms with Gasteiger partial charge >= 0.3 is 0 Å². The van der Waals surface area contributed by atoms with Gasteiger partial charge in [0.2, 0.25) is 5.01 Å². The average molecular weight is 302 g/mol. The summed E-state index contributed by atoms with van der Waals surface area (Å²) in [5.41, 5.74) is 1.94. The molecule has 0 bridgehead atoms. The number of anilines is 1. The Labute approximate surface area is 127 Å². The van der Waals surface area contributed by atoms with Gasteiger partial charge in [0.1, 0.15) is 5.01 Å². The second kappa shape index (κ2) is 6.32. The van der Waals surface area contributed by atoms with Gasteiger partial charge in [0, 0.05) is 18.2 Å². The minimum Gasteiger partial charge on any atom is -0.320 e. The Kier molecular flexibility index (Phi) is 4.26. The number of nitrogens with one attached hydrogen (secondary N) is 2. The molecule has 5 nitrogen and oxygen atoms in total. The number of aryl methyl sites for hydroxylation is 1. The van der Waals surface area contributed by atoms with Crippen molar-refractivity contribution in [3.05, 3.63) is 39.8 Å². The maximum atomic E-state index is 12.2. The van der Waals surface area contributed by atoms with E-state index in [4.69, 9.17) is 0 Å². The minimum atomic E-state index is -0.189. The molecule has 1 fully saturated rings. The number of amides is 1. The van der Waals surface area contributed by atoms with Gasteiger partial charge in [-0.25, -0.2) is 0 Å². The monoisotopic (exact) mass is 302 g/mol. The smallest absolute Gasteiger partial charge is 0.286 e. The molecule has 6 heteroatoms. The molecular weight excluding hydrogens is 284 g/mol. The van der Waals surface area contributed by atoms with E-state index in [0.29, 0.717) is 10.9 Å². The highest BCUT2D eigenvalue weighted by Crippen LogP contribution is 2.26. The topological polar surface area (TPSA) is 66.9 Å². The lowest BCUT2D eigenvalue weighted by atomic mass is 10.0. The lowest BCUT2D eigenvalue weighted by molar-refractivity contribution is 0.102. The van der Waals surface area contributed by atoms with Gasteiger partial charge in [-0.2, -0.15) is 0 Å². The number of carbonyl (C=O) groups excluding carboxylic acids is 1. The van der Waals surface area contributed by atoms with Crippen molar-refractivity contribution in [1.29, 1.82) is 0 Å². The van der Waals surface area contributed by atoms with Crippen LogP contribution in [0.2, 0.25) is 0 Å². The molecule has 0 saturated carbocycles. The molecular formula is C15H18N4OS. The Balaban J connectivity index is 1.67. The normalized spacial score (nSPS) is 18.4. The second-order valence-electron chi connectivity index (χ2n) is 5.31. The van der Waals surface area contributed by atoms with Gasteiger partial charge in [0.05, 0.1) is 0 Å². The van der Waals surface area contributed by atoms with Crippen LogP contribution in [0.15, 0.2) is 24.3 Å². The highest BCUT2D eigenvalue weighted by atomic mass is 32.1. The van der Waals surface area contributed by atoms with Crippen molar-refractivity contribution in [3.63, 3.8) is 0 Å². The molecule has 1 amide bonds. The van der Waals surface area contributed by atoms with Crippen LogP contribution in [0.5, 0.6) is 0 Å². The van der Waals surface area contributed by atoms with Crippen LogP contribution in [-0.4, -0.2) is 29.2 Å². The van der Waals surface area contributed by atoms with Crippen molar-refractivity contribution in [2.75, 3.05) is 18.4 Å². The number of benzene rings is 1. The fourth-order valence-corrected chi connectivity index (χ4v) is 3.25. The molecule has 1 atom stereocenters. The first kappa shape index (κ1) is 14.2. The van der Waals surface area contributed by atoms with Gasteiger partial charge in [-0.15, -0.1) is 10.2 Å². The van der Waals surface area contributed by atoms with Crippen molar-refractivity contribution < 1.29 is 4.79 Å². The van der Waals surface area contributed by atoms with E-state index in [0.717, 1.165) is 42.2 Å². The largest absolute Gasteiger partial charge is 0.320 e. The molecule has 2 heterocycles. The number of aromatic nitrogens is 2. The second-order valence-corrected chi connectivity index (χ2v) is 6.32. The number of hydrogen-bond acceptors (Lipinski definition) is 5. The molecule has 0 radical (unpaired) electrons. The van der Waals surface area contributed by atoms with Crippen LogP contribution in [0.25, 0.3) is 0 Å². The van der Waals surface area contributed by atoms with Crippen molar-refractivity contribution in [2.45, 2.75) is 25.7 Å². The number of nitrogens with zero attached hydrogens (tertiary/aromatic N) is 2. The Bertz CT molecular complexity index is 617. The highest BCUT2D eigenvalue weighted by Gasteiger charge is 2.21. The number of hydrogen-bond donors (Lipinski definition) is 2. The van der Waals surface area contributed by atoms with Crippen LogP contribution in [0.3, 0.4) is 0 Å². The molecule has 2 N–H and O–H groups in total. The Morgan fingerprint density at radius 1 is 1.33 bits per heavy atom. The molecule has 110 valence electrons. The standard InChI is InChI=1S/C15H18N4OS/c1-10-4-6-12(7-5-10)17-13(20)15-19-18-14(21-15)11-3-2-8-16-9-11/h4-7,11,16H,2-3,8-9H2,1H3,(H,17,20). The van der Waals surface area contributed by atoms with Crippen LogP contribution in [-0.2, 0) is 0 Å². The van der Waals surface area contributed by atoms with E-state index in [1.54, 1.807) is 0 Å². The molecule has 1 aromatic carbocycles. The summed E-state index contributed by atoms with van der Waals surface area (Å²) in [5, 5.41) is 15.8.